The number of fused-ring (bicyclic) bond motifs is 1. The minimum atomic E-state index is -0.105. The number of halogens is 1. The second kappa shape index (κ2) is 8.73. The van der Waals surface area contributed by atoms with E-state index in [0.717, 1.165) is 20.2 Å². The predicted molar refractivity (Wildman–Crippen MR) is 114 cm³/mol. The summed E-state index contributed by atoms with van der Waals surface area (Å²) in [5.41, 5.74) is 2.31. The van der Waals surface area contributed by atoms with Crippen LogP contribution in [0.15, 0.2) is 46.8 Å². The van der Waals surface area contributed by atoms with Crippen molar-refractivity contribution in [3.05, 3.63) is 47.5 Å². The van der Waals surface area contributed by atoms with Crippen molar-refractivity contribution in [1.82, 2.24) is 4.98 Å². The van der Waals surface area contributed by atoms with Crippen molar-refractivity contribution in [3.8, 4) is 0 Å². The zero-order valence-electron chi connectivity index (χ0n) is 14.8. The Bertz CT molecular complexity index is 971. The second-order valence-corrected chi connectivity index (χ2v) is 8.84. The van der Waals surface area contributed by atoms with Crippen LogP contribution in [0.3, 0.4) is 0 Å². The van der Waals surface area contributed by atoms with Crippen molar-refractivity contribution in [2.45, 2.75) is 18.2 Å². The number of hydrogen-bond acceptors (Lipinski definition) is 5. The molecule has 0 atom stereocenters. The molecule has 140 valence electrons. The van der Waals surface area contributed by atoms with E-state index in [9.17, 15) is 9.59 Å². The molecule has 8 heteroatoms. The average molecular weight is 420 g/mol. The molecule has 0 aliphatic heterocycles. The van der Waals surface area contributed by atoms with Gasteiger partial charge < -0.3 is 10.6 Å². The Morgan fingerprint density at radius 2 is 1.81 bits per heavy atom. The lowest BCUT2D eigenvalue weighted by Gasteiger charge is -2.06. The highest BCUT2D eigenvalue weighted by Gasteiger charge is 2.11. The van der Waals surface area contributed by atoms with E-state index in [1.165, 1.54) is 23.1 Å². The van der Waals surface area contributed by atoms with Gasteiger partial charge in [-0.3, -0.25) is 9.59 Å². The van der Waals surface area contributed by atoms with Gasteiger partial charge in [-0.2, -0.15) is 0 Å². The van der Waals surface area contributed by atoms with E-state index in [1.54, 1.807) is 24.3 Å². The quantitative estimate of drug-likeness (QED) is 0.533. The molecule has 0 fully saturated rings. The summed E-state index contributed by atoms with van der Waals surface area (Å²) in [5, 5.41) is 6.33. The normalized spacial score (nSPS) is 11.0. The number of hydrogen-bond donors (Lipinski definition) is 2. The molecule has 1 aromatic heterocycles. The van der Waals surface area contributed by atoms with Crippen LogP contribution < -0.4 is 10.6 Å². The number of thiazole rings is 1. The van der Waals surface area contributed by atoms with Crippen molar-refractivity contribution in [2.24, 2.45) is 5.92 Å². The first kappa shape index (κ1) is 19.7. The molecule has 2 amide bonds. The summed E-state index contributed by atoms with van der Waals surface area (Å²) in [7, 11) is 0. The van der Waals surface area contributed by atoms with Gasteiger partial charge in [0.2, 0.25) is 11.8 Å². The Morgan fingerprint density at radius 3 is 2.52 bits per heavy atom. The smallest absolute Gasteiger partial charge is 0.234 e. The third kappa shape index (κ3) is 5.45. The number of aromatic nitrogens is 1. The lowest BCUT2D eigenvalue weighted by atomic mass is 10.2. The number of thioether (sulfide) groups is 1. The van der Waals surface area contributed by atoms with Crippen molar-refractivity contribution in [1.29, 1.82) is 0 Å². The van der Waals surface area contributed by atoms with Crippen LogP contribution in [0.1, 0.15) is 13.8 Å². The van der Waals surface area contributed by atoms with E-state index in [2.05, 4.69) is 15.6 Å². The maximum atomic E-state index is 12.1. The first-order valence-corrected chi connectivity index (χ1v) is 10.5. The molecule has 0 saturated heterocycles. The highest BCUT2D eigenvalue weighted by Crippen LogP contribution is 2.31. The van der Waals surface area contributed by atoms with Crippen LogP contribution in [-0.2, 0) is 9.59 Å². The number of nitrogens with zero attached hydrogens (tertiary/aromatic N) is 1. The van der Waals surface area contributed by atoms with E-state index >= 15 is 0 Å². The van der Waals surface area contributed by atoms with Gasteiger partial charge in [0.1, 0.15) is 0 Å². The molecule has 3 aromatic rings. The van der Waals surface area contributed by atoms with Crippen LogP contribution in [0.2, 0.25) is 5.02 Å². The van der Waals surface area contributed by atoms with Gasteiger partial charge in [-0.05, 0) is 42.5 Å². The first-order chi connectivity index (χ1) is 12.9. The molecular weight excluding hydrogens is 402 g/mol. The Balaban J connectivity index is 1.60. The Hall–Kier alpha value is -2.09. The zero-order chi connectivity index (χ0) is 19.4. The van der Waals surface area contributed by atoms with Gasteiger partial charge in [-0.25, -0.2) is 4.98 Å². The first-order valence-electron chi connectivity index (χ1n) is 8.30. The van der Waals surface area contributed by atoms with Gasteiger partial charge >= 0.3 is 0 Å². The fourth-order valence-electron chi connectivity index (χ4n) is 2.19. The Morgan fingerprint density at radius 1 is 1.11 bits per heavy atom. The third-order valence-corrected chi connectivity index (χ3v) is 6.03. The molecule has 0 saturated carbocycles. The van der Waals surface area contributed by atoms with E-state index < -0.39 is 0 Å². The number of anilines is 2. The van der Waals surface area contributed by atoms with Gasteiger partial charge in [-0.1, -0.05) is 37.2 Å². The highest BCUT2D eigenvalue weighted by molar-refractivity contribution is 8.01. The average Bonchev–Trinajstić information content (AvgIpc) is 3.04. The topological polar surface area (TPSA) is 71.1 Å². The summed E-state index contributed by atoms with van der Waals surface area (Å²) < 4.78 is 1.78. The maximum Gasteiger partial charge on any atom is 0.234 e. The largest absolute Gasteiger partial charge is 0.326 e. The monoisotopic (exact) mass is 419 g/mol. The standard InChI is InChI=1S/C19H18ClN3O2S2/c1-11(2)18(25)22-14-7-8-15-16(9-14)27-19(23-15)26-10-17(24)21-13-5-3-12(20)4-6-13/h3-9,11H,10H2,1-2H3,(H,21,24)(H,22,25). The van der Waals surface area contributed by atoms with E-state index in [-0.39, 0.29) is 23.5 Å². The van der Waals surface area contributed by atoms with Crippen LogP contribution in [0.5, 0.6) is 0 Å². The molecule has 5 nitrogen and oxygen atoms in total. The van der Waals surface area contributed by atoms with Gasteiger partial charge in [-0.15, -0.1) is 11.3 Å². The highest BCUT2D eigenvalue weighted by atomic mass is 35.5. The van der Waals surface area contributed by atoms with Gasteiger partial charge in [0.15, 0.2) is 4.34 Å². The van der Waals surface area contributed by atoms with Gasteiger partial charge in [0, 0.05) is 22.3 Å². The van der Waals surface area contributed by atoms with E-state index in [4.69, 9.17) is 11.6 Å². The van der Waals surface area contributed by atoms with Gasteiger partial charge in [0.05, 0.1) is 16.0 Å². The molecule has 1 heterocycles. The molecule has 0 bridgehead atoms. The van der Waals surface area contributed by atoms with Crippen LogP contribution in [0.25, 0.3) is 10.2 Å². The molecule has 2 aromatic carbocycles. The van der Waals surface area contributed by atoms with Crippen LogP contribution >= 0.6 is 34.7 Å². The van der Waals surface area contributed by atoms with Crippen molar-refractivity contribution in [2.75, 3.05) is 16.4 Å². The number of nitrogens with one attached hydrogen (secondary N) is 2. The molecule has 0 spiro atoms. The van der Waals surface area contributed by atoms with E-state index in [0.29, 0.717) is 10.7 Å². The molecule has 3 rings (SSSR count). The summed E-state index contributed by atoms with van der Waals surface area (Å²) in [5.74, 6) is 0.0607. The number of rotatable bonds is 6. The Labute approximate surface area is 170 Å². The predicted octanol–water partition coefficient (Wildman–Crippen LogP) is 5.28. The summed E-state index contributed by atoms with van der Waals surface area (Å²) in [6, 6.07) is 12.6. The van der Waals surface area contributed by atoms with Crippen LogP contribution in [0.4, 0.5) is 11.4 Å². The maximum absolute atomic E-state index is 12.1. The fourth-order valence-corrected chi connectivity index (χ4v) is 4.22. The second-order valence-electron chi connectivity index (χ2n) is 6.15. The summed E-state index contributed by atoms with van der Waals surface area (Å²) in [6.45, 7) is 3.70. The molecule has 0 unspecified atom stereocenters. The lowest BCUT2D eigenvalue weighted by Crippen LogP contribution is -2.17. The molecule has 0 aliphatic rings. The third-order valence-electron chi connectivity index (χ3n) is 3.62. The number of carbonyl (C=O) groups excluding carboxylic acids is 2. The van der Waals surface area contributed by atoms with Crippen molar-refractivity contribution in [3.63, 3.8) is 0 Å². The number of benzene rings is 2. The lowest BCUT2D eigenvalue weighted by molar-refractivity contribution is -0.119. The summed E-state index contributed by atoms with van der Waals surface area (Å²) in [4.78, 5) is 28.4. The van der Waals surface area contributed by atoms with Crippen LogP contribution in [0, 0.1) is 5.92 Å². The Kier molecular flexibility index (Phi) is 6.36. The fraction of sp³-hybridized carbons (Fsp3) is 0.211. The van der Waals surface area contributed by atoms with Gasteiger partial charge in [0.25, 0.3) is 0 Å². The molecule has 27 heavy (non-hydrogen) atoms. The van der Waals surface area contributed by atoms with Crippen LogP contribution in [-0.4, -0.2) is 22.6 Å². The molecular formula is C19H18ClN3O2S2. The number of amides is 2. The molecule has 0 aliphatic carbocycles. The van der Waals surface area contributed by atoms with E-state index in [1.807, 2.05) is 32.0 Å². The minimum absolute atomic E-state index is 0.0210. The number of carbonyl (C=O) groups is 2. The minimum Gasteiger partial charge on any atom is -0.326 e. The SMILES string of the molecule is CC(C)C(=O)Nc1ccc2nc(SCC(=O)Nc3ccc(Cl)cc3)sc2c1. The van der Waals surface area contributed by atoms with Crippen molar-refractivity contribution >= 4 is 68.1 Å². The molecule has 2 N–H and O–H groups in total. The van der Waals surface area contributed by atoms with Crippen molar-refractivity contribution < 1.29 is 9.59 Å². The zero-order valence-corrected chi connectivity index (χ0v) is 17.2. The summed E-state index contributed by atoms with van der Waals surface area (Å²) >= 11 is 8.72. The summed E-state index contributed by atoms with van der Waals surface area (Å²) in [6.07, 6.45) is 0. The molecule has 0 radical (unpaired) electrons.